The number of amides is 1. The predicted octanol–water partition coefficient (Wildman–Crippen LogP) is 3.37. The summed E-state index contributed by atoms with van der Waals surface area (Å²) < 4.78 is 46.1. The lowest BCUT2D eigenvalue weighted by Gasteiger charge is -2.22. The normalized spacial score (nSPS) is 17.0. The highest BCUT2D eigenvalue weighted by molar-refractivity contribution is 8.00. The van der Waals surface area contributed by atoms with Gasteiger partial charge < -0.3 is 4.52 Å². The van der Waals surface area contributed by atoms with Crippen molar-refractivity contribution in [1.29, 1.82) is 0 Å². The first-order valence-corrected chi connectivity index (χ1v) is 13.0. The number of carbonyl (C=O) groups is 1. The number of benzene rings is 1. The Morgan fingerprint density at radius 2 is 2.06 bits per heavy atom. The molecule has 2 aromatic heterocycles. The van der Waals surface area contributed by atoms with Crippen molar-refractivity contribution in [2.24, 2.45) is 0 Å². The van der Waals surface area contributed by atoms with E-state index in [9.17, 15) is 17.6 Å². The zero-order valence-corrected chi connectivity index (χ0v) is 19.7. The van der Waals surface area contributed by atoms with Gasteiger partial charge in [-0.2, -0.15) is 4.31 Å². The molecule has 1 amide bonds. The van der Waals surface area contributed by atoms with Gasteiger partial charge in [0.05, 0.1) is 0 Å². The number of anilines is 1. The lowest BCUT2D eigenvalue weighted by molar-refractivity contribution is -0.119. The number of carbonyl (C=O) groups excluding carboxylic acids is 1. The molecule has 1 aromatic carbocycles. The van der Waals surface area contributed by atoms with Crippen LogP contribution in [-0.4, -0.2) is 46.6 Å². The Hall–Kier alpha value is -2.35. The summed E-state index contributed by atoms with van der Waals surface area (Å²) in [5.74, 6) is 0.0242. The molecule has 3 heterocycles. The van der Waals surface area contributed by atoms with Gasteiger partial charge in [0, 0.05) is 12.3 Å². The topological polar surface area (TPSA) is 118 Å². The molecule has 4 rings (SSSR count). The van der Waals surface area contributed by atoms with Crippen molar-refractivity contribution >= 4 is 44.2 Å². The van der Waals surface area contributed by atoms with Crippen LogP contribution >= 0.6 is 23.1 Å². The Bertz CT molecular complexity index is 1210. The highest BCUT2D eigenvalue weighted by atomic mass is 32.2. The van der Waals surface area contributed by atoms with Crippen LogP contribution in [0.1, 0.15) is 29.9 Å². The van der Waals surface area contributed by atoms with Crippen LogP contribution in [0.25, 0.3) is 0 Å². The Kier molecular flexibility index (Phi) is 6.60. The van der Waals surface area contributed by atoms with E-state index < -0.39 is 22.0 Å². The lowest BCUT2D eigenvalue weighted by atomic mass is 10.2. The van der Waals surface area contributed by atoms with Crippen molar-refractivity contribution < 1.29 is 22.1 Å². The molecule has 32 heavy (non-hydrogen) atoms. The summed E-state index contributed by atoms with van der Waals surface area (Å²) in [6.07, 6.45) is 0.967. The van der Waals surface area contributed by atoms with E-state index in [-0.39, 0.29) is 33.8 Å². The maximum absolute atomic E-state index is 13.1. The molecule has 1 aliphatic heterocycles. The van der Waals surface area contributed by atoms with Crippen LogP contribution in [0.5, 0.6) is 0 Å². The van der Waals surface area contributed by atoms with Crippen LogP contribution < -0.4 is 5.32 Å². The molecule has 0 aliphatic carbocycles. The largest absolute Gasteiger partial charge is 0.360 e. The molecule has 1 saturated heterocycles. The van der Waals surface area contributed by atoms with Crippen LogP contribution in [0.4, 0.5) is 9.52 Å². The molecule has 0 spiro atoms. The van der Waals surface area contributed by atoms with Crippen molar-refractivity contribution in [3.8, 4) is 0 Å². The molecule has 1 N–H and O–H groups in total. The van der Waals surface area contributed by atoms with Gasteiger partial charge in [0.2, 0.25) is 21.1 Å². The smallest absolute Gasteiger partial charge is 0.249 e. The Balaban J connectivity index is 1.42. The van der Waals surface area contributed by atoms with Gasteiger partial charge in [0.15, 0.2) is 10.1 Å². The van der Waals surface area contributed by atoms with Gasteiger partial charge in [-0.15, -0.1) is 10.2 Å². The molecular formula is C19H20FN5O4S3. The zero-order valence-electron chi connectivity index (χ0n) is 17.2. The van der Waals surface area contributed by atoms with Gasteiger partial charge in [-0.3, -0.25) is 10.1 Å². The van der Waals surface area contributed by atoms with E-state index in [0.29, 0.717) is 22.9 Å². The average molecular weight is 498 g/mol. The van der Waals surface area contributed by atoms with Crippen molar-refractivity contribution in [2.45, 2.75) is 47.7 Å². The first-order valence-electron chi connectivity index (χ1n) is 9.72. The molecule has 0 unspecified atom stereocenters. The minimum atomic E-state index is -3.93. The molecule has 0 saturated carbocycles. The van der Waals surface area contributed by atoms with Crippen LogP contribution in [0.2, 0.25) is 0 Å². The third kappa shape index (κ3) is 4.70. The second-order valence-electron chi connectivity index (χ2n) is 7.20. The number of halogens is 1. The van der Waals surface area contributed by atoms with E-state index in [4.69, 9.17) is 4.52 Å². The fraction of sp³-hybridized carbons (Fsp3) is 0.368. The van der Waals surface area contributed by atoms with Crippen LogP contribution in [0.3, 0.4) is 0 Å². The van der Waals surface area contributed by atoms with E-state index in [1.54, 1.807) is 19.1 Å². The van der Waals surface area contributed by atoms with E-state index in [1.807, 2.05) is 0 Å². The second-order valence-corrected chi connectivity index (χ2v) is 11.2. The van der Waals surface area contributed by atoms with E-state index in [0.717, 1.165) is 5.56 Å². The molecule has 9 nitrogen and oxygen atoms in total. The highest BCUT2D eigenvalue weighted by Crippen LogP contribution is 2.32. The van der Waals surface area contributed by atoms with E-state index >= 15 is 0 Å². The van der Waals surface area contributed by atoms with Gasteiger partial charge >= 0.3 is 0 Å². The number of sulfonamides is 1. The summed E-state index contributed by atoms with van der Waals surface area (Å²) in [6.45, 7) is 3.32. The molecule has 3 aromatic rings. The van der Waals surface area contributed by atoms with Crippen molar-refractivity contribution in [1.82, 2.24) is 19.7 Å². The standard InChI is InChI=1S/C19H20FN5O4S3/c1-11-16(12(2)29-24-11)32(27,28)25-9-3-4-15(25)17(26)21-18-22-23-19(31-18)30-10-13-5-7-14(20)8-6-13/h5-8,15H,3-4,9-10H2,1-2H3,(H,21,22,26)/t15-/m1/s1. The van der Waals surface area contributed by atoms with Crippen LogP contribution in [0, 0.1) is 19.7 Å². The molecular weight excluding hydrogens is 477 g/mol. The molecule has 0 bridgehead atoms. The zero-order chi connectivity index (χ0) is 22.9. The Morgan fingerprint density at radius 3 is 2.75 bits per heavy atom. The number of thioether (sulfide) groups is 1. The minimum Gasteiger partial charge on any atom is -0.360 e. The quantitative estimate of drug-likeness (QED) is 0.390. The maximum atomic E-state index is 13.1. The van der Waals surface area contributed by atoms with Gasteiger partial charge in [-0.1, -0.05) is 40.4 Å². The van der Waals surface area contributed by atoms with E-state index in [2.05, 4.69) is 20.7 Å². The van der Waals surface area contributed by atoms with Crippen molar-refractivity contribution in [3.63, 3.8) is 0 Å². The average Bonchev–Trinajstić information content (AvgIpc) is 3.48. The van der Waals surface area contributed by atoms with Crippen LogP contribution in [-0.2, 0) is 20.6 Å². The van der Waals surface area contributed by atoms with Crippen molar-refractivity contribution in [2.75, 3.05) is 11.9 Å². The summed E-state index contributed by atoms with van der Waals surface area (Å²) in [5, 5.41) is 14.7. The van der Waals surface area contributed by atoms with Gasteiger partial charge in [-0.25, -0.2) is 12.8 Å². The number of hydrogen-bond donors (Lipinski definition) is 1. The summed E-state index contributed by atoms with van der Waals surface area (Å²) in [7, 11) is -3.93. The predicted molar refractivity (Wildman–Crippen MR) is 117 cm³/mol. The third-order valence-corrected chi connectivity index (χ3v) is 9.15. The monoisotopic (exact) mass is 497 g/mol. The number of aromatic nitrogens is 3. The first kappa shape index (κ1) is 22.8. The summed E-state index contributed by atoms with van der Waals surface area (Å²) in [5.41, 5.74) is 1.20. The van der Waals surface area contributed by atoms with E-state index in [1.165, 1.54) is 46.5 Å². The Labute approximate surface area is 192 Å². The molecule has 1 fully saturated rings. The minimum absolute atomic E-state index is 0.00703. The first-order chi connectivity index (χ1) is 15.3. The molecule has 13 heteroatoms. The number of aryl methyl sites for hydroxylation is 2. The Morgan fingerprint density at radius 1 is 1.31 bits per heavy atom. The third-order valence-electron chi connectivity index (χ3n) is 4.95. The lowest BCUT2D eigenvalue weighted by Crippen LogP contribution is -2.43. The highest BCUT2D eigenvalue weighted by Gasteiger charge is 2.42. The molecule has 1 aliphatic rings. The number of nitrogens with zero attached hydrogens (tertiary/aromatic N) is 4. The van der Waals surface area contributed by atoms with Gasteiger partial charge in [0.1, 0.15) is 22.4 Å². The van der Waals surface area contributed by atoms with Gasteiger partial charge in [0.25, 0.3) is 0 Å². The molecule has 170 valence electrons. The molecule has 0 radical (unpaired) electrons. The fourth-order valence-electron chi connectivity index (χ4n) is 3.48. The number of hydrogen-bond acceptors (Lipinski definition) is 9. The van der Waals surface area contributed by atoms with Gasteiger partial charge in [-0.05, 0) is 44.4 Å². The van der Waals surface area contributed by atoms with Crippen LogP contribution in [0.15, 0.2) is 38.0 Å². The maximum Gasteiger partial charge on any atom is 0.249 e. The van der Waals surface area contributed by atoms with Crippen molar-refractivity contribution in [3.05, 3.63) is 47.1 Å². The second kappa shape index (κ2) is 9.25. The summed E-state index contributed by atoms with van der Waals surface area (Å²) >= 11 is 2.61. The fourth-order valence-corrected chi connectivity index (χ4v) is 7.15. The number of nitrogens with one attached hydrogen (secondary N) is 1. The summed E-state index contributed by atoms with van der Waals surface area (Å²) in [4.78, 5) is 12.9. The molecule has 1 atom stereocenters. The summed E-state index contributed by atoms with van der Waals surface area (Å²) in [6, 6.07) is 5.32. The number of rotatable bonds is 7. The SMILES string of the molecule is Cc1noc(C)c1S(=O)(=O)N1CCC[C@@H]1C(=O)Nc1nnc(SCc2ccc(F)cc2)s1.